The van der Waals surface area contributed by atoms with Gasteiger partial charge in [-0.25, -0.2) is 0 Å². The number of benzene rings is 1. The minimum absolute atomic E-state index is 0.300. The van der Waals surface area contributed by atoms with Gasteiger partial charge in [-0.1, -0.05) is 52.9 Å². The molecule has 0 N–H and O–H groups in total. The van der Waals surface area contributed by atoms with Crippen LogP contribution in [-0.4, -0.2) is 10.5 Å². The molecule has 0 aromatic heterocycles. The van der Waals surface area contributed by atoms with E-state index in [1.165, 1.54) is 18.4 Å². The van der Waals surface area contributed by atoms with Crippen LogP contribution >= 0.6 is 22.6 Å². The fraction of sp³-hybridized carbons (Fsp3) is 0.455. The van der Waals surface area contributed by atoms with Gasteiger partial charge in [-0.2, -0.15) is 0 Å². The molecule has 2 heteroatoms. The Morgan fingerprint density at radius 1 is 1.31 bits per heavy atom. The van der Waals surface area contributed by atoms with Gasteiger partial charge in [0.25, 0.3) is 0 Å². The summed E-state index contributed by atoms with van der Waals surface area (Å²) < 4.78 is 6.93. The van der Waals surface area contributed by atoms with E-state index in [0.717, 1.165) is 4.43 Å². The number of halogens is 1. The van der Waals surface area contributed by atoms with Gasteiger partial charge in [0.05, 0.1) is 12.2 Å². The normalized spacial score (nSPS) is 18.5. The maximum atomic E-state index is 5.89. The molecule has 1 aliphatic carbocycles. The van der Waals surface area contributed by atoms with E-state index in [2.05, 4.69) is 46.9 Å². The molecule has 1 aromatic carbocycles. The zero-order valence-corrected chi connectivity index (χ0v) is 9.61. The van der Waals surface area contributed by atoms with Crippen molar-refractivity contribution in [3.8, 4) is 0 Å². The van der Waals surface area contributed by atoms with Gasteiger partial charge in [0.2, 0.25) is 0 Å². The van der Waals surface area contributed by atoms with Crippen molar-refractivity contribution in [1.82, 2.24) is 0 Å². The predicted octanol–water partition coefficient (Wildman–Crippen LogP) is 3.34. The summed E-state index contributed by atoms with van der Waals surface area (Å²) in [4.78, 5) is 0. The fourth-order valence-corrected chi connectivity index (χ4v) is 2.02. The lowest BCUT2D eigenvalue weighted by molar-refractivity contribution is 0.0570. The summed E-state index contributed by atoms with van der Waals surface area (Å²) >= 11 is 2.39. The van der Waals surface area contributed by atoms with E-state index in [0.29, 0.717) is 12.2 Å². The Morgan fingerprint density at radius 3 is 2.54 bits per heavy atom. The number of ether oxygens (including phenoxy) is 1. The summed E-state index contributed by atoms with van der Waals surface area (Å²) in [6.45, 7) is 0. The highest BCUT2D eigenvalue weighted by atomic mass is 127. The maximum absolute atomic E-state index is 5.89. The molecule has 70 valence electrons. The summed E-state index contributed by atoms with van der Waals surface area (Å²) in [6, 6.07) is 10.5. The minimum Gasteiger partial charge on any atom is -0.369 e. The molecule has 0 amide bonds. The number of hydrogen-bond donors (Lipinski definition) is 0. The molecule has 1 saturated carbocycles. The van der Waals surface area contributed by atoms with Gasteiger partial charge >= 0.3 is 0 Å². The van der Waals surface area contributed by atoms with Crippen LogP contribution in [0.25, 0.3) is 0 Å². The zero-order valence-electron chi connectivity index (χ0n) is 7.45. The first-order valence-electron chi connectivity index (χ1n) is 4.66. The zero-order chi connectivity index (χ0) is 9.10. The third-order valence-corrected chi connectivity index (χ3v) is 2.99. The van der Waals surface area contributed by atoms with E-state index >= 15 is 0 Å². The highest BCUT2D eigenvalue weighted by molar-refractivity contribution is 14.1. The van der Waals surface area contributed by atoms with Crippen LogP contribution in [-0.2, 0) is 4.74 Å². The van der Waals surface area contributed by atoms with Gasteiger partial charge < -0.3 is 4.74 Å². The van der Waals surface area contributed by atoms with Crippen LogP contribution < -0.4 is 0 Å². The molecule has 1 atom stereocenters. The van der Waals surface area contributed by atoms with Crippen LogP contribution in [0.2, 0.25) is 0 Å². The average molecular weight is 288 g/mol. The molecule has 0 saturated heterocycles. The largest absolute Gasteiger partial charge is 0.369 e. The van der Waals surface area contributed by atoms with Crippen molar-refractivity contribution in [3.63, 3.8) is 0 Å². The van der Waals surface area contributed by atoms with Gasteiger partial charge in [-0.15, -0.1) is 0 Å². The number of hydrogen-bond acceptors (Lipinski definition) is 1. The van der Waals surface area contributed by atoms with Gasteiger partial charge in [0, 0.05) is 4.43 Å². The van der Waals surface area contributed by atoms with Gasteiger partial charge in [0.1, 0.15) is 0 Å². The highest BCUT2D eigenvalue weighted by Gasteiger charge is 2.26. The molecule has 1 nitrogen and oxygen atoms in total. The highest BCUT2D eigenvalue weighted by Crippen LogP contribution is 2.31. The Hall–Kier alpha value is -0.0900. The quantitative estimate of drug-likeness (QED) is 0.610. The van der Waals surface area contributed by atoms with E-state index in [1.54, 1.807) is 0 Å². The maximum Gasteiger partial charge on any atom is 0.0918 e. The topological polar surface area (TPSA) is 9.23 Å². The molecule has 0 radical (unpaired) electrons. The summed E-state index contributed by atoms with van der Waals surface area (Å²) in [5.74, 6) is 0. The Morgan fingerprint density at radius 2 is 2.00 bits per heavy atom. The molecule has 0 aliphatic heterocycles. The van der Waals surface area contributed by atoms with E-state index in [1.807, 2.05) is 6.07 Å². The SMILES string of the molecule is ICC(OC1CC1)c1ccccc1. The Bertz CT molecular complexity index is 256. The van der Waals surface area contributed by atoms with Crippen LogP contribution in [0.15, 0.2) is 30.3 Å². The third-order valence-electron chi connectivity index (χ3n) is 2.19. The molecule has 1 aromatic rings. The molecule has 0 bridgehead atoms. The number of rotatable bonds is 4. The Labute approximate surface area is 92.6 Å². The van der Waals surface area contributed by atoms with Crippen molar-refractivity contribution in [3.05, 3.63) is 35.9 Å². The molecule has 1 fully saturated rings. The van der Waals surface area contributed by atoms with Crippen molar-refractivity contribution in [1.29, 1.82) is 0 Å². The average Bonchev–Trinajstić information content (AvgIpc) is 2.99. The van der Waals surface area contributed by atoms with Crippen LogP contribution in [0.4, 0.5) is 0 Å². The first-order chi connectivity index (χ1) is 6.40. The second kappa shape index (κ2) is 4.42. The summed E-state index contributed by atoms with van der Waals surface area (Å²) in [5.41, 5.74) is 1.31. The van der Waals surface area contributed by atoms with Gasteiger partial charge in [-0.05, 0) is 18.4 Å². The molecular weight excluding hydrogens is 275 g/mol. The molecule has 2 rings (SSSR count). The standard InChI is InChI=1S/C11H13IO/c12-8-11(13-10-6-7-10)9-4-2-1-3-5-9/h1-5,10-11H,6-8H2. The van der Waals surface area contributed by atoms with Crippen molar-refractivity contribution < 1.29 is 4.74 Å². The van der Waals surface area contributed by atoms with E-state index in [4.69, 9.17) is 4.74 Å². The van der Waals surface area contributed by atoms with Gasteiger partial charge in [0.15, 0.2) is 0 Å². The molecule has 13 heavy (non-hydrogen) atoms. The van der Waals surface area contributed by atoms with Gasteiger partial charge in [-0.3, -0.25) is 0 Å². The lowest BCUT2D eigenvalue weighted by atomic mass is 10.1. The van der Waals surface area contributed by atoms with Crippen LogP contribution in [0.5, 0.6) is 0 Å². The van der Waals surface area contributed by atoms with Crippen molar-refractivity contribution >= 4 is 22.6 Å². The molecule has 1 unspecified atom stereocenters. The molecule has 0 spiro atoms. The summed E-state index contributed by atoms with van der Waals surface area (Å²) in [6.07, 6.45) is 3.34. The van der Waals surface area contributed by atoms with Crippen molar-refractivity contribution in [2.45, 2.75) is 25.0 Å². The number of alkyl halides is 1. The van der Waals surface area contributed by atoms with E-state index in [9.17, 15) is 0 Å². The first kappa shape index (κ1) is 9.46. The molecule has 1 aliphatic rings. The van der Waals surface area contributed by atoms with Crippen LogP contribution in [0.3, 0.4) is 0 Å². The van der Waals surface area contributed by atoms with E-state index in [-0.39, 0.29) is 0 Å². The van der Waals surface area contributed by atoms with Crippen LogP contribution in [0, 0.1) is 0 Å². The molecular formula is C11H13IO. The molecule has 0 heterocycles. The lowest BCUT2D eigenvalue weighted by Gasteiger charge is -2.14. The smallest absolute Gasteiger partial charge is 0.0918 e. The Kier molecular flexibility index (Phi) is 3.22. The second-order valence-electron chi connectivity index (χ2n) is 3.39. The lowest BCUT2D eigenvalue weighted by Crippen LogP contribution is -2.06. The van der Waals surface area contributed by atoms with Crippen molar-refractivity contribution in [2.75, 3.05) is 4.43 Å². The second-order valence-corrected chi connectivity index (χ2v) is 4.27. The monoisotopic (exact) mass is 288 g/mol. The summed E-state index contributed by atoms with van der Waals surface area (Å²) in [7, 11) is 0. The van der Waals surface area contributed by atoms with E-state index < -0.39 is 0 Å². The fourth-order valence-electron chi connectivity index (χ4n) is 1.31. The summed E-state index contributed by atoms with van der Waals surface area (Å²) in [5, 5.41) is 0. The predicted molar refractivity (Wildman–Crippen MR) is 62.2 cm³/mol. The van der Waals surface area contributed by atoms with Crippen LogP contribution in [0.1, 0.15) is 24.5 Å². The Balaban J connectivity index is 2.02. The minimum atomic E-state index is 0.300. The van der Waals surface area contributed by atoms with Crippen molar-refractivity contribution in [2.24, 2.45) is 0 Å². The first-order valence-corrected chi connectivity index (χ1v) is 6.19. The third kappa shape index (κ3) is 2.68.